The van der Waals surface area contributed by atoms with Crippen molar-refractivity contribution < 1.29 is 48.6 Å². The van der Waals surface area contributed by atoms with E-state index in [2.05, 4.69) is 39.2 Å². The van der Waals surface area contributed by atoms with Crippen molar-refractivity contribution in [2.75, 3.05) is 12.3 Å². The summed E-state index contributed by atoms with van der Waals surface area (Å²) in [5.74, 6) is -8.92. The second-order valence-corrected chi connectivity index (χ2v) is 9.52. The Hall–Kier alpha value is -3.93. The minimum atomic E-state index is -1.66. The SMILES string of the molecule is CC(C)CC(NC(=O)C(CS)NC(=O)C(CC(=O)O)NC(=O)C(C)NC(=O)CN)C(=O)NC(CC(N)=O)C(=O)O. The number of aliphatic carboxylic acids is 2. The lowest BCUT2D eigenvalue weighted by atomic mass is 10.0. The maximum absolute atomic E-state index is 12.9. The Labute approximate surface area is 235 Å². The Morgan fingerprint density at radius 2 is 1.18 bits per heavy atom. The topological polar surface area (TPSA) is 289 Å². The molecule has 18 heteroatoms. The highest BCUT2D eigenvalue weighted by molar-refractivity contribution is 7.80. The number of carboxylic acid groups (broad SMARTS) is 2. The molecule has 0 aliphatic carbocycles. The molecule has 0 aliphatic rings. The second-order valence-electron chi connectivity index (χ2n) is 9.16. The molecule has 0 spiro atoms. The molecule has 0 aromatic heterocycles. The first-order valence-corrected chi connectivity index (χ1v) is 12.7. The average molecular weight is 592 g/mol. The highest BCUT2D eigenvalue weighted by atomic mass is 32.1. The molecule has 17 nitrogen and oxygen atoms in total. The van der Waals surface area contributed by atoms with Crippen LogP contribution in [0.4, 0.5) is 0 Å². The van der Waals surface area contributed by atoms with Crippen LogP contribution in [0.5, 0.6) is 0 Å². The van der Waals surface area contributed by atoms with Crippen LogP contribution in [0.15, 0.2) is 0 Å². The van der Waals surface area contributed by atoms with Crippen LogP contribution in [0, 0.1) is 5.92 Å². The molecule has 0 fully saturated rings. The van der Waals surface area contributed by atoms with Crippen molar-refractivity contribution >= 4 is 60.0 Å². The van der Waals surface area contributed by atoms with E-state index in [0.717, 1.165) is 0 Å². The van der Waals surface area contributed by atoms with Gasteiger partial charge in [0.15, 0.2) is 0 Å². The van der Waals surface area contributed by atoms with E-state index in [0.29, 0.717) is 0 Å². The number of nitrogens with one attached hydrogen (secondary N) is 5. The van der Waals surface area contributed by atoms with E-state index in [9.17, 15) is 48.6 Å². The average Bonchev–Trinajstić information content (AvgIpc) is 2.84. The summed E-state index contributed by atoms with van der Waals surface area (Å²) in [6.07, 6.45) is -1.52. The van der Waals surface area contributed by atoms with Crippen molar-refractivity contribution in [3.8, 4) is 0 Å². The van der Waals surface area contributed by atoms with E-state index in [1.54, 1.807) is 13.8 Å². The van der Waals surface area contributed by atoms with Gasteiger partial charge in [-0.05, 0) is 19.3 Å². The summed E-state index contributed by atoms with van der Waals surface area (Å²) >= 11 is 4.01. The number of hydrogen-bond acceptors (Lipinski definition) is 10. The summed E-state index contributed by atoms with van der Waals surface area (Å²) in [7, 11) is 0. The van der Waals surface area contributed by atoms with E-state index in [4.69, 9.17) is 11.5 Å². The number of amides is 6. The van der Waals surface area contributed by atoms with Crippen LogP contribution in [-0.4, -0.2) is 100 Å². The van der Waals surface area contributed by atoms with Crippen LogP contribution in [0.1, 0.15) is 40.0 Å². The van der Waals surface area contributed by atoms with Gasteiger partial charge in [0.2, 0.25) is 35.4 Å². The molecule has 5 unspecified atom stereocenters. The predicted octanol–water partition coefficient (Wildman–Crippen LogP) is -4.20. The predicted molar refractivity (Wildman–Crippen MR) is 141 cm³/mol. The van der Waals surface area contributed by atoms with Gasteiger partial charge < -0.3 is 48.3 Å². The fourth-order valence-electron chi connectivity index (χ4n) is 3.16. The summed E-state index contributed by atoms with van der Waals surface area (Å²) in [5.41, 5.74) is 10.2. The monoisotopic (exact) mass is 591 g/mol. The third-order valence-electron chi connectivity index (χ3n) is 5.14. The third-order valence-corrected chi connectivity index (χ3v) is 5.51. The smallest absolute Gasteiger partial charge is 0.326 e. The van der Waals surface area contributed by atoms with Crippen molar-refractivity contribution in [2.24, 2.45) is 17.4 Å². The Morgan fingerprint density at radius 1 is 0.700 bits per heavy atom. The first-order chi connectivity index (χ1) is 18.5. The van der Waals surface area contributed by atoms with Gasteiger partial charge >= 0.3 is 11.9 Å². The summed E-state index contributed by atoms with van der Waals surface area (Å²) in [6, 6.07) is -7.17. The number of primary amides is 1. The largest absolute Gasteiger partial charge is 0.481 e. The highest BCUT2D eigenvalue weighted by Crippen LogP contribution is 2.07. The zero-order chi connectivity index (χ0) is 31.2. The fourth-order valence-corrected chi connectivity index (χ4v) is 3.42. The number of thiol groups is 1. The van der Waals surface area contributed by atoms with Crippen molar-refractivity contribution in [3.05, 3.63) is 0 Å². The summed E-state index contributed by atoms with van der Waals surface area (Å²) in [6.45, 7) is 4.31. The van der Waals surface area contributed by atoms with Crippen LogP contribution in [0.25, 0.3) is 0 Å². The minimum absolute atomic E-state index is 0.0395. The molecule has 0 saturated heterocycles. The molecule has 5 atom stereocenters. The van der Waals surface area contributed by atoms with Gasteiger partial charge in [-0.1, -0.05) is 13.8 Å². The number of nitrogens with two attached hydrogens (primary N) is 2. The van der Waals surface area contributed by atoms with Crippen LogP contribution in [0.3, 0.4) is 0 Å². The van der Waals surface area contributed by atoms with Gasteiger partial charge in [-0.3, -0.25) is 33.6 Å². The van der Waals surface area contributed by atoms with Gasteiger partial charge in [0.05, 0.1) is 19.4 Å². The Bertz CT molecular complexity index is 978. The zero-order valence-corrected chi connectivity index (χ0v) is 23.2. The second kappa shape index (κ2) is 17.6. The normalized spacial score (nSPS) is 14.4. The van der Waals surface area contributed by atoms with E-state index >= 15 is 0 Å². The van der Waals surface area contributed by atoms with E-state index in [1.807, 2.05) is 0 Å². The summed E-state index contributed by atoms with van der Waals surface area (Å²) < 4.78 is 0. The van der Waals surface area contributed by atoms with Crippen molar-refractivity contribution in [2.45, 2.75) is 70.2 Å². The molecule has 226 valence electrons. The van der Waals surface area contributed by atoms with E-state index in [-0.39, 0.29) is 18.1 Å². The third kappa shape index (κ3) is 13.7. The van der Waals surface area contributed by atoms with Crippen molar-refractivity contribution in [1.29, 1.82) is 0 Å². The molecule has 0 rings (SSSR count). The molecule has 0 bridgehead atoms. The molecule has 11 N–H and O–H groups in total. The van der Waals surface area contributed by atoms with Gasteiger partial charge in [-0.15, -0.1) is 0 Å². The molecule has 6 amide bonds. The summed E-state index contributed by atoms with van der Waals surface area (Å²) in [5, 5.41) is 29.6. The fraction of sp³-hybridized carbons (Fsp3) is 0.636. The molecular formula is C22H37N7O10S. The first kappa shape index (κ1) is 36.1. The maximum Gasteiger partial charge on any atom is 0.326 e. The Morgan fingerprint density at radius 3 is 1.62 bits per heavy atom. The van der Waals surface area contributed by atoms with Gasteiger partial charge in [-0.25, -0.2) is 4.79 Å². The van der Waals surface area contributed by atoms with Gasteiger partial charge in [0, 0.05) is 5.75 Å². The van der Waals surface area contributed by atoms with Crippen LogP contribution >= 0.6 is 12.6 Å². The van der Waals surface area contributed by atoms with E-state index in [1.165, 1.54) is 6.92 Å². The lowest BCUT2D eigenvalue weighted by Gasteiger charge is -2.26. The molecule has 0 heterocycles. The van der Waals surface area contributed by atoms with Crippen molar-refractivity contribution in [1.82, 2.24) is 26.6 Å². The van der Waals surface area contributed by atoms with Crippen LogP contribution < -0.4 is 38.1 Å². The molecule has 0 aliphatic heterocycles. The number of hydrogen-bond donors (Lipinski definition) is 10. The molecule has 40 heavy (non-hydrogen) atoms. The van der Waals surface area contributed by atoms with Crippen molar-refractivity contribution in [3.63, 3.8) is 0 Å². The van der Waals surface area contributed by atoms with Crippen LogP contribution in [0.2, 0.25) is 0 Å². The minimum Gasteiger partial charge on any atom is -0.481 e. The van der Waals surface area contributed by atoms with Gasteiger partial charge in [0.1, 0.15) is 30.2 Å². The van der Waals surface area contributed by atoms with Crippen LogP contribution in [-0.2, 0) is 38.4 Å². The lowest BCUT2D eigenvalue weighted by Crippen LogP contribution is -2.59. The Balaban J connectivity index is 5.63. The zero-order valence-electron chi connectivity index (χ0n) is 22.3. The van der Waals surface area contributed by atoms with Gasteiger partial charge in [-0.2, -0.15) is 12.6 Å². The molecule has 0 saturated carbocycles. The molecule has 0 radical (unpaired) electrons. The van der Waals surface area contributed by atoms with E-state index < -0.39 is 97.0 Å². The summed E-state index contributed by atoms with van der Waals surface area (Å²) in [4.78, 5) is 96.0. The van der Waals surface area contributed by atoms with Gasteiger partial charge in [0.25, 0.3) is 0 Å². The molecule has 0 aromatic carbocycles. The Kier molecular flexibility index (Phi) is 15.9. The lowest BCUT2D eigenvalue weighted by molar-refractivity contribution is -0.143. The molecule has 0 aromatic rings. The standard InChI is InChI=1S/C22H37N7O10S/c1-9(2)4-11(19(35)28-13(22(38)39)5-15(24)30)27-21(37)14(8-40)29-20(36)12(6-17(32)33)26-18(34)10(3)25-16(31)7-23/h9-14,40H,4-8,23H2,1-3H3,(H2,24,30)(H,25,31)(H,26,34)(H,27,37)(H,28,35)(H,29,36)(H,32,33)(H,38,39). The number of carboxylic acids is 2. The highest BCUT2D eigenvalue weighted by Gasteiger charge is 2.32. The quantitative estimate of drug-likeness (QED) is 0.0682. The number of rotatable bonds is 18. The number of carbonyl (C=O) groups is 8. The maximum atomic E-state index is 12.9. The molecular weight excluding hydrogens is 554 g/mol. The number of carbonyl (C=O) groups excluding carboxylic acids is 6. The first-order valence-electron chi connectivity index (χ1n) is 12.1.